The van der Waals surface area contributed by atoms with Crippen LogP contribution in [0.15, 0.2) is 45.5 Å². The fourth-order valence-electron chi connectivity index (χ4n) is 3.96. The van der Waals surface area contributed by atoms with Crippen LogP contribution in [-0.4, -0.2) is 38.1 Å². The number of methoxy groups -OCH3 is 1. The molecule has 0 saturated heterocycles. The minimum atomic E-state index is -1.83. The highest BCUT2D eigenvalue weighted by Crippen LogP contribution is 2.55. The first-order valence-electron chi connectivity index (χ1n) is 9.02. The van der Waals surface area contributed by atoms with Crippen molar-refractivity contribution in [3.8, 4) is 0 Å². The number of halogens is 1. The lowest BCUT2D eigenvalue weighted by molar-refractivity contribution is -0.142. The van der Waals surface area contributed by atoms with E-state index in [4.69, 9.17) is 19.9 Å². The molecule has 0 radical (unpaired) electrons. The second kappa shape index (κ2) is 7.55. The van der Waals surface area contributed by atoms with Crippen LogP contribution >= 0.6 is 15.9 Å². The van der Waals surface area contributed by atoms with Gasteiger partial charge in [-0.15, -0.1) is 0 Å². The summed E-state index contributed by atoms with van der Waals surface area (Å²) in [6.45, 7) is 5.31. The second-order valence-electron chi connectivity index (χ2n) is 6.45. The van der Waals surface area contributed by atoms with Gasteiger partial charge in [-0.1, -0.05) is 15.9 Å². The van der Waals surface area contributed by atoms with E-state index in [1.54, 1.807) is 32.0 Å². The molecule has 2 N–H and O–H groups in total. The number of fused-ring (bicyclic) bond motifs is 2. The van der Waals surface area contributed by atoms with E-state index >= 15 is 0 Å². The van der Waals surface area contributed by atoms with Crippen LogP contribution in [0.1, 0.15) is 26.3 Å². The van der Waals surface area contributed by atoms with Gasteiger partial charge in [-0.2, -0.15) is 0 Å². The lowest BCUT2D eigenvalue weighted by Crippen LogP contribution is -2.50. The van der Waals surface area contributed by atoms with Crippen molar-refractivity contribution in [2.45, 2.75) is 26.2 Å². The van der Waals surface area contributed by atoms with E-state index in [1.807, 2.05) is 0 Å². The first kappa shape index (κ1) is 20.9. The SMILES string of the molecule is CCOC(=O)C1=C(N)OC(C)=C(C(=O)OC)C12C(=O)N(CC)c1ccc(Br)cc12. The van der Waals surface area contributed by atoms with Gasteiger partial charge in [0.2, 0.25) is 11.8 Å². The summed E-state index contributed by atoms with van der Waals surface area (Å²) in [7, 11) is 1.20. The first-order chi connectivity index (χ1) is 13.7. The molecule has 1 atom stereocenters. The van der Waals surface area contributed by atoms with Crippen molar-refractivity contribution in [1.29, 1.82) is 0 Å². The highest BCUT2D eigenvalue weighted by Gasteiger charge is 2.63. The molecule has 1 unspecified atom stereocenters. The van der Waals surface area contributed by atoms with E-state index < -0.39 is 23.3 Å². The van der Waals surface area contributed by atoms with Crippen molar-refractivity contribution in [3.05, 3.63) is 51.0 Å². The Kier molecular flexibility index (Phi) is 5.44. The number of anilines is 1. The third kappa shape index (κ3) is 2.83. The number of likely N-dealkylation sites (N-methyl/N-ethyl adjacent to an activating group) is 1. The maximum Gasteiger partial charge on any atom is 0.341 e. The summed E-state index contributed by atoms with van der Waals surface area (Å²) in [5.41, 5.74) is 4.91. The summed E-state index contributed by atoms with van der Waals surface area (Å²) in [6, 6.07) is 5.21. The van der Waals surface area contributed by atoms with E-state index in [2.05, 4.69) is 15.9 Å². The van der Waals surface area contributed by atoms with Gasteiger partial charge in [-0.3, -0.25) is 4.79 Å². The maximum absolute atomic E-state index is 13.8. The number of allylic oxidation sites excluding steroid dienone is 1. The largest absolute Gasteiger partial charge is 0.466 e. The van der Waals surface area contributed by atoms with Crippen molar-refractivity contribution >= 4 is 39.5 Å². The Morgan fingerprint density at radius 3 is 2.52 bits per heavy atom. The summed E-state index contributed by atoms with van der Waals surface area (Å²) in [5, 5.41) is 0. The molecule has 1 aromatic rings. The van der Waals surface area contributed by atoms with Crippen molar-refractivity contribution in [1.82, 2.24) is 0 Å². The molecule has 2 heterocycles. The molecule has 8 nitrogen and oxygen atoms in total. The molecule has 9 heteroatoms. The van der Waals surface area contributed by atoms with Crippen molar-refractivity contribution in [2.75, 3.05) is 25.2 Å². The van der Waals surface area contributed by atoms with Gasteiger partial charge in [0.25, 0.3) is 0 Å². The van der Waals surface area contributed by atoms with Gasteiger partial charge >= 0.3 is 11.9 Å². The Morgan fingerprint density at radius 1 is 1.24 bits per heavy atom. The number of carbonyl (C=O) groups excluding carboxylic acids is 3. The molecule has 0 aliphatic carbocycles. The van der Waals surface area contributed by atoms with Gasteiger partial charge in [0.05, 0.1) is 13.7 Å². The molecule has 3 rings (SSSR count). The minimum absolute atomic E-state index is 0.0545. The van der Waals surface area contributed by atoms with E-state index in [9.17, 15) is 14.4 Å². The number of hydrogen-bond donors (Lipinski definition) is 1. The van der Waals surface area contributed by atoms with Crippen LogP contribution in [0.2, 0.25) is 0 Å². The van der Waals surface area contributed by atoms with Crippen LogP contribution < -0.4 is 10.6 Å². The molecule has 2 aliphatic rings. The van der Waals surface area contributed by atoms with E-state index in [0.29, 0.717) is 22.3 Å². The van der Waals surface area contributed by atoms with Crippen LogP contribution in [0.25, 0.3) is 0 Å². The highest BCUT2D eigenvalue weighted by molar-refractivity contribution is 9.10. The zero-order chi connectivity index (χ0) is 21.5. The number of nitrogens with zero attached hydrogens (tertiary/aromatic N) is 1. The number of carbonyl (C=O) groups is 3. The maximum atomic E-state index is 13.8. The van der Waals surface area contributed by atoms with Gasteiger partial charge in [0.15, 0.2) is 0 Å². The third-order valence-electron chi connectivity index (χ3n) is 5.02. The standard InChI is InChI=1S/C20H21BrN2O6/c1-5-23-13-8-7-11(21)9-12(13)20(19(23)26)14(17(24)27-4)10(3)29-16(22)15(20)18(25)28-6-2/h7-9H,5-6,22H2,1-4H3. The van der Waals surface area contributed by atoms with Crippen LogP contribution in [-0.2, 0) is 34.0 Å². The molecule has 154 valence electrons. The predicted molar refractivity (Wildman–Crippen MR) is 107 cm³/mol. The fourth-order valence-corrected chi connectivity index (χ4v) is 4.33. The lowest BCUT2D eigenvalue weighted by atomic mass is 9.67. The van der Waals surface area contributed by atoms with Gasteiger partial charge in [0, 0.05) is 22.3 Å². The number of rotatable bonds is 4. The van der Waals surface area contributed by atoms with Crippen molar-refractivity contribution < 1.29 is 28.6 Å². The monoisotopic (exact) mass is 464 g/mol. The Balaban J connectivity index is 2.48. The number of amides is 1. The van der Waals surface area contributed by atoms with Crippen LogP contribution in [0.3, 0.4) is 0 Å². The minimum Gasteiger partial charge on any atom is -0.466 e. The highest BCUT2D eigenvalue weighted by atomic mass is 79.9. The average Bonchev–Trinajstić information content (AvgIpc) is 2.89. The smallest absolute Gasteiger partial charge is 0.341 e. The number of nitrogens with two attached hydrogens (primary N) is 1. The number of hydrogen-bond acceptors (Lipinski definition) is 7. The Morgan fingerprint density at radius 2 is 1.93 bits per heavy atom. The van der Waals surface area contributed by atoms with Gasteiger partial charge < -0.3 is 24.8 Å². The molecular weight excluding hydrogens is 444 g/mol. The van der Waals surface area contributed by atoms with E-state index in [-0.39, 0.29) is 29.4 Å². The zero-order valence-corrected chi connectivity index (χ0v) is 18.1. The van der Waals surface area contributed by atoms with Crippen molar-refractivity contribution in [2.24, 2.45) is 5.73 Å². The molecular formula is C20H21BrN2O6. The zero-order valence-electron chi connectivity index (χ0n) is 16.5. The van der Waals surface area contributed by atoms with Gasteiger partial charge in [0.1, 0.15) is 22.3 Å². The Bertz CT molecular complexity index is 983. The third-order valence-corrected chi connectivity index (χ3v) is 5.51. The summed E-state index contributed by atoms with van der Waals surface area (Å²) in [4.78, 5) is 41.2. The van der Waals surface area contributed by atoms with E-state index in [1.165, 1.54) is 18.9 Å². The van der Waals surface area contributed by atoms with Crippen LogP contribution in [0.5, 0.6) is 0 Å². The van der Waals surface area contributed by atoms with Gasteiger partial charge in [-0.25, -0.2) is 9.59 Å². The molecule has 1 spiro atoms. The molecule has 0 aromatic heterocycles. The Labute approximate surface area is 176 Å². The molecule has 1 amide bonds. The molecule has 0 bridgehead atoms. The summed E-state index contributed by atoms with van der Waals surface area (Å²) >= 11 is 3.41. The molecule has 0 fully saturated rings. The molecule has 0 saturated carbocycles. The van der Waals surface area contributed by atoms with Gasteiger partial charge in [-0.05, 0) is 39.0 Å². The number of benzene rings is 1. The average molecular weight is 465 g/mol. The number of esters is 2. The van der Waals surface area contributed by atoms with Crippen LogP contribution in [0.4, 0.5) is 5.69 Å². The predicted octanol–water partition coefficient (Wildman–Crippen LogP) is 2.26. The summed E-state index contributed by atoms with van der Waals surface area (Å²) in [6.07, 6.45) is 0. The molecule has 2 aliphatic heterocycles. The summed E-state index contributed by atoms with van der Waals surface area (Å²) in [5.74, 6) is -2.34. The Hall–Kier alpha value is -2.81. The second-order valence-corrected chi connectivity index (χ2v) is 7.36. The number of ether oxygens (including phenoxy) is 3. The van der Waals surface area contributed by atoms with Crippen LogP contribution in [0, 0.1) is 0 Å². The first-order valence-corrected chi connectivity index (χ1v) is 9.81. The van der Waals surface area contributed by atoms with E-state index in [0.717, 1.165) is 0 Å². The summed E-state index contributed by atoms with van der Waals surface area (Å²) < 4.78 is 16.3. The normalized spacial score (nSPS) is 20.7. The fraction of sp³-hybridized carbons (Fsp3) is 0.350. The molecule has 1 aromatic carbocycles. The van der Waals surface area contributed by atoms with Crippen molar-refractivity contribution in [3.63, 3.8) is 0 Å². The topological polar surface area (TPSA) is 108 Å². The quantitative estimate of drug-likeness (QED) is 0.680. The lowest BCUT2D eigenvalue weighted by Gasteiger charge is -2.36. The molecule has 29 heavy (non-hydrogen) atoms.